The molecule has 3 aromatic carbocycles. The second-order valence-electron chi connectivity index (χ2n) is 9.19. The molecule has 2 N–H and O–H groups in total. The van der Waals surface area contributed by atoms with Crippen LogP contribution in [-0.2, 0) is 4.79 Å². The fourth-order valence-corrected chi connectivity index (χ4v) is 4.65. The molecule has 0 aliphatic carbocycles. The highest BCUT2D eigenvalue weighted by atomic mass is 35.5. The second-order valence-corrected chi connectivity index (χ2v) is 9.63. The normalized spacial score (nSPS) is 16.8. The molecule has 0 spiro atoms. The van der Waals surface area contributed by atoms with Gasteiger partial charge in [0.1, 0.15) is 17.4 Å². The first kappa shape index (κ1) is 27.7. The van der Waals surface area contributed by atoms with E-state index in [0.29, 0.717) is 40.7 Å². The van der Waals surface area contributed by atoms with Crippen molar-refractivity contribution >= 4 is 41.0 Å². The zero-order valence-corrected chi connectivity index (χ0v) is 22.3. The number of urea groups is 2. The number of aliphatic carboxylic acids is 1. The van der Waals surface area contributed by atoms with Crippen molar-refractivity contribution in [1.29, 1.82) is 0 Å². The van der Waals surface area contributed by atoms with Gasteiger partial charge in [-0.05, 0) is 67.4 Å². The molecule has 2 atom stereocenters. The quantitative estimate of drug-likeness (QED) is 0.325. The minimum atomic E-state index is -1.07. The molecule has 3 aromatic rings. The van der Waals surface area contributed by atoms with Crippen molar-refractivity contribution in [3.63, 3.8) is 0 Å². The lowest BCUT2D eigenvalue weighted by molar-refractivity contribution is -0.141. The number of rotatable bonds is 9. The Bertz CT molecular complexity index is 1360. The number of halogens is 1. The Labute approximate surface area is 231 Å². The number of nitrogens with one attached hydrogen (secondary N) is 1. The van der Waals surface area contributed by atoms with E-state index in [0.717, 1.165) is 0 Å². The van der Waals surface area contributed by atoms with Crippen LogP contribution in [0.5, 0.6) is 11.5 Å². The van der Waals surface area contributed by atoms with E-state index in [1.165, 1.54) is 9.80 Å². The van der Waals surface area contributed by atoms with Crippen molar-refractivity contribution in [3.05, 3.63) is 89.4 Å². The second kappa shape index (κ2) is 12.4. The van der Waals surface area contributed by atoms with Gasteiger partial charge in [0.2, 0.25) is 0 Å². The fraction of sp³-hybridized carbons (Fsp3) is 0.241. The zero-order valence-electron chi connectivity index (χ0n) is 21.6. The van der Waals surface area contributed by atoms with Gasteiger partial charge in [-0.25, -0.2) is 14.6 Å². The van der Waals surface area contributed by atoms with Crippen molar-refractivity contribution in [2.75, 3.05) is 25.5 Å². The largest absolute Gasteiger partial charge is 0.481 e. The van der Waals surface area contributed by atoms with Crippen molar-refractivity contribution in [2.45, 2.75) is 19.4 Å². The standard InChI is InChI=1S/C29H29ClN4O5/c1-19-25(27(35)36)26(20-8-6-9-21(30)18-20)34(29(38)31-19)17-7-16-33(2)28(37)32-22-12-14-24(15-13-22)39-23-10-4-3-5-11-23/h3-6,8-15,18,25-26H,7,16-17H2,1-2H3,(H,32,37)(H,35,36). The average molecular weight is 549 g/mol. The summed E-state index contributed by atoms with van der Waals surface area (Å²) in [6.07, 6.45) is 0.414. The molecule has 4 rings (SSSR count). The van der Waals surface area contributed by atoms with Crippen LogP contribution in [-0.4, -0.2) is 58.8 Å². The van der Waals surface area contributed by atoms with Crippen LogP contribution in [0, 0.1) is 5.92 Å². The molecule has 0 fully saturated rings. The molecule has 4 amide bonds. The maximum absolute atomic E-state index is 12.8. The van der Waals surface area contributed by atoms with E-state index < -0.39 is 24.0 Å². The smallest absolute Gasteiger partial charge is 0.344 e. The van der Waals surface area contributed by atoms with Gasteiger partial charge in [0, 0.05) is 36.6 Å². The number of carbonyl (C=O) groups is 3. The highest BCUT2D eigenvalue weighted by Crippen LogP contribution is 2.35. The summed E-state index contributed by atoms with van der Waals surface area (Å²) in [6.45, 7) is 2.08. The number of hydrogen-bond acceptors (Lipinski definition) is 4. The molecule has 1 heterocycles. The Morgan fingerprint density at radius 3 is 2.41 bits per heavy atom. The lowest BCUT2D eigenvalue weighted by Crippen LogP contribution is -2.47. The van der Waals surface area contributed by atoms with Gasteiger partial charge in [0.05, 0.1) is 6.04 Å². The number of benzene rings is 3. The number of carboxylic acid groups (broad SMARTS) is 1. The van der Waals surface area contributed by atoms with Gasteiger partial charge < -0.3 is 25.0 Å². The third kappa shape index (κ3) is 6.94. The van der Waals surface area contributed by atoms with E-state index in [1.54, 1.807) is 62.5 Å². The van der Waals surface area contributed by atoms with Crippen LogP contribution >= 0.6 is 11.6 Å². The first-order chi connectivity index (χ1) is 18.7. The number of anilines is 1. The van der Waals surface area contributed by atoms with E-state index in [2.05, 4.69) is 10.3 Å². The molecule has 39 heavy (non-hydrogen) atoms. The first-order valence-corrected chi connectivity index (χ1v) is 12.8. The summed E-state index contributed by atoms with van der Waals surface area (Å²) >= 11 is 6.16. The van der Waals surface area contributed by atoms with Crippen LogP contribution in [0.2, 0.25) is 5.02 Å². The first-order valence-electron chi connectivity index (χ1n) is 12.4. The van der Waals surface area contributed by atoms with E-state index in [4.69, 9.17) is 16.3 Å². The monoisotopic (exact) mass is 548 g/mol. The summed E-state index contributed by atoms with van der Waals surface area (Å²) in [7, 11) is 1.65. The van der Waals surface area contributed by atoms with Gasteiger partial charge in [0.15, 0.2) is 0 Å². The molecule has 1 aliphatic rings. The van der Waals surface area contributed by atoms with Crippen molar-refractivity contribution in [3.8, 4) is 11.5 Å². The molecule has 0 radical (unpaired) electrons. The van der Waals surface area contributed by atoms with Crippen LogP contribution in [0.1, 0.15) is 24.9 Å². The van der Waals surface area contributed by atoms with Gasteiger partial charge in [0.25, 0.3) is 0 Å². The van der Waals surface area contributed by atoms with E-state index >= 15 is 0 Å². The summed E-state index contributed by atoms with van der Waals surface area (Å²) in [5.41, 5.74) is 1.46. The number of carbonyl (C=O) groups excluding carboxylic acids is 2. The predicted octanol–water partition coefficient (Wildman–Crippen LogP) is 6.32. The predicted molar refractivity (Wildman–Crippen MR) is 150 cm³/mol. The Morgan fingerprint density at radius 2 is 1.74 bits per heavy atom. The zero-order chi connectivity index (χ0) is 27.9. The molecule has 1 aliphatic heterocycles. The number of nitrogens with zero attached hydrogens (tertiary/aromatic N) is 3. The number of hydrogen-bond donors (Lipinski definition) is 2. The molecule has 10 heteroatoms. The van der Waals surface area contributed by atoms with Crippen LogP contribution in [0.25, 0.3) is 0 Å². The maximum Gasteiger partial charge on any atom is 0.344 e. The van der Waals surface area contributed by atoms with Crippen molar-refractivity contribution in [1.82, 2.24) is 9.80 Å². The topological polar surface area (TPSA) is 112 Å². The van der Waals surface area contributed by atoms with Crippen LogP contribution < -0.4 is 10.1 Å². The molecule has 0 saturated heterocycles. The van der Waals surface area contributed by atoms with E-state index in [9.17, 15) is 19.5 Å². The molecule has 0 saturated carbocycles. The van der Waals surface area contributed by atoms with Crippen LogP contribution in [0.15, 0.2) is 83.9 Å². The highest BCUT2D eigenvalue weighted by Gasteiger charge is 2.42. The van der Waals surface area contributed by atoms with Crippen molar-refractivity contribution < 1.29 is 24.2 Å². The number of ether oxygens (including phenoxy) is 1. The molecule has 0 bridgehead atoms. The summed E-state index contributed by atoms with van der Waals surface area (Å²) < 4.78 is 5.77. The van der Waals surface area contributed by atoms with Crippen LogP contribution in [0.3, 0.4) is 0 Å². The third-order valence-corrected chi connectivity index (χ3v) is 6.63. The molecule has 202 valence electrons. The molecule has 9 nitrogen and oxygen atoms in total. The molecule has 2 unspecified atom stereocenters. The highest BCUT2D eigenvalue weighted by molar-refractivity contribution is 6.30. The Kier molecular flexibility index (Phi) is 8.83. The van der Waals surface area contributed by atoms with E-state index in [-0.39, 0.29) is 18.3 Å². The molecule has 0 aromatic heterocycles. The lowest BCUT2D eigenvalue weighted by Gasteiger charge is -2.38. The average Bonchev–Trinajstić information content (AvgIpc) is 2.91. The maximum atomic E-state index is 12.8. The van der Waals surface area contributed by atoms with Crippen molar-refractivity contribution in [2.24, 2.45) is 10.9 Å². The van der Waals surface area contributed by atoms with E-state index in [1.807, 2.05) is 30.3 Å². The fourth-order valence-electron chi connectivity index (χ4n) is 4.45. The number of para-hydroxylation sites is 1. The van der Waals surface area contributed by atoms with Gasteiger partial charge in [-0.1, -0.05) is 41.9 Å². The Hall–Kier alpha value is -4.37. The summed E-state index contributed by atoms with van der Waals surface area (Å²) in [5, 5.41) is 13.2. The van der Waals surface area contributed by atoms with Gasteiger partial charge >= 0.3 is 18.0 Å². The molecular weight excluding hydrogens is 520 g/mol. The minimum Gasteiger partial charge on any atom is -0.481 e. The van der Waals surface area contributed by atoms with Crippen LogP contribution in [0.4, 0.5) is 15.3 Å². The Balaban J connectivity index is 1.36. The summed E-state index contributed by atoms with van der Waals surface area (Å²) in [4.78, 5) is 44.6. The van der Waals surface area contributed by atoms with Gasteiger partial charge in [-0.15, -0.1) is 0 Å². The summed E-state index contributed by atoms with van der Waals surface area (Å²) in [5.74, 6) is -0.716. The number of amides is 4. The Morgan fingerprint density at radius 1 is 1.05 bits per heavy atom. The van der Waals surface area contributed by atoms with Gasteiger partial charge in [-0.3, -0.25) is 4.79 Å². The van der Waals surface area contributed by atoms with Gasteiger partial charge in [-0.2, -0.15) is 0 Å². The summed E-state index contributed by atoms with van der Waals surface area (Å²) in [6, 6.07) is 21.6. The number of aliphatic imine (C=N–C) groups is 1. The SMILES string of the molecule is CC1=NC(=O)N(CCCN(C)C(=O)Nc2ccc(Oc3ccccc3)cc2)C(c2cccc(Cl)c2)C1C(=O)O. The molecular formula is C29H29ClN4O5. The third-order valence-electron chi connectivity index (χ3n) is 6.40. The lowest BCUT2D eigenvalue weighted by atomic mass is 9.87. The number of carboxylic acids is 1. The minimum absolute atomic E-state index is 0.208.